The van der Waals surface area contributed by atoms with Crippen LogP contribution in [0.1, 0.15) is 25.0 Å². The Bertz CT molecular complexity index is 606. The molecule has 140 valence electrons. The zero-order valence-electron chi connectivity index (χ0n) is 15.5. The molecule has 25 heavy (non-hydrogen) atoms. The molecule has 0 aromatic heterocycles. The minimum atomic E-state index is 0. The fourth-order valence-corrected chi connectivity index (χ4v) is 2.79. The van der Waals surface area contributed by atoms with Crippen LogP contribution >= 0.6 is 35.7 Å². The highest BCUT2D eigenvalue weighted by molar-refractivity contribution is 14.0. The number of fused-ring (bicyclic) bond motifs is 1. The molecule has 1 amide bonds. The molecule has 5 nitrogen and oxygen atoms in total. The fraction of sp³-hybridized carbons (Fsp3) is 0.556. The predicted octanol–water partition coefficient (Wildman–Crippen LogP) is 2.50. The Kier molecular flexibility index (Phi) is 9.06. The van der Waals surface area contributed by atoms with Crippen LogP contribution in [0.15, 0.2) is 29.3 Å². The highest BCUT2D eigenvalue weighted by Crippen LogP contribution is 2.19. The second-order valence-electron chi connectivity index (χ2n) is 6.58. The first kappa shape index (κ1) is 22.1. The van der Waals surface area contributed by atoms with E-state index in [0.717, 1.165) is 19.5 Å². The van der Waals surface area contributed by atoms with Crippen LogP contribution in [0.4, 0.5) is 0 Å². The number of carbonyl (C=O) groups is 1. The normalized spacial score (nSPS) is 14.4. The number of hydrogen-bond donors (Lipinski definition) is 2. The fourth-order valence-electron chi connectivity index (χ4n) is 2.57. The molecule has 1 aliphatic rings. The van der Waals surface area contributed by atoms with Crippen molar-refractivity contribution >= 4 is 47.6 Å². The van der Waals surface area contributed by atoms with Gasteiger partial charge in [-0.2, -0.15) is 11.8 Å². The van der Waals surface area contributed by atoms with Crippen molar-refractivity contribution in [3.8, 4) is 0 Å². The van der Waals surface area contributed by atoms with Crippen molar-refractivity contribution in [1.82, 2.24) is 15.5 Å². The summed E-state index contributed by atoms with van der Waals surface area (Å²) in [5.41, 5.74) is 2.60. The topological polar surface area (TPSA) is 56.7 Å². The highest BCUT2D eigenvalue weighted by atomic mass is 127. The lowest BCUT2D eigenvalue weighted by Gasteiger charge is -2.29. The zero-order chi connectivity index (χ0) is 17.6. The van der Waals surface area contributed by atoms with E-state index in [4.69, 9.17) is 0 Å². The van der Waals surface area contributed by atoms with Crippen molar-refractivity contribution in [2.24, 2.45) is 4.99 Å². The first-order valence-electron chi connectivity index (χ1n) is 8.29. The first-order chi connectivity index (χ1) is 11.4. The number of benzene rings is 1. The molecule has 0 saturated heterocycles. The van der Waals surface area contributed by atoms with E-state index in [2.05, 4.69) is 53.9 Å². The quantitative estimate of drug-likeness (QED) is 0.390. The Hall–Kier alpha value is -0.960. The summed E-state index contributed by atoms with van der Waals surface area (Å²) in [6.45, 7) is 6.88. The van der Waals surface area contributed by atoms with E-state index in [1.807, 2.05) is 11.0 Å². The number of aliphatic imine (C=N–C) groups is 1. The van der Waals surface area contributed by atoms with Crippen molar-refractivity contribution in [3.63, 3.8) is 0 Å². The van der Waals surface area contributed by atoms with Gasteiger partial charge in [0.2, 0.25) is 5.91 Å². The maximum atomic E-state index is 12.5. The van der Waals surface area contributed by atoms with Crippen LogP contribution in [0.2, 0.25) is 0 Å². The third kappa shape index (κ3) is 6.69. The van der Waals surface area contributed by atoms with Gasteiger partial charge >= 0.3 is 0 Å². The van der Waals surface area contributed by atoms with E-state index in [1.165, 1.54) is 11.1 Å². The van der Waals surface area contributed by atoms with E-state index in [9.17, 15) is 4.79 Å². The van der Waals surface area contributed by atoms with E-state index in [0.29, 0.717) is 12.5 Å². The van der Waals surface area contributed by atoms with E-state index in [1.54, 1.807) is 18.8 Å². The van der Waals surface area contributed by atoms with Crippen LogP contribution in [-0.4, -0.2) is 54.5 Å². The van der Waals surface area contributed by atoms with Gasteiger partial charge in [-0.25, -0.2) is 0 Å². The summed E-state index contributed by atoms with van der Waals surface area (Å²) in [6.07, 6.45) is 3.02. The molecule has 0 spiro atoms. The van der Waals surface area contributed by atoms with Crippen molar-refractivity contribution in [3.05, 3.63) is 35.4 Å². The van der Waals surface area contributed by atoms with Gasteiger partial charge in [0.25, 0.3) is 0 Å². The number of thioether (sulfide) groups is 1. The molecule has 2 rings (SSSR count). The molecule has 0 fully saturated rings. The molecule has 0 bridgehead atoms. The molecule has 1 aromatic carbocycles. The monoisotopic (exact) mass is 476 g/mol. The molecule has 1 heterocycles. The first-order valence-corrected chi connectivity index (χ1v) is 9.52. The number of guanidine groups is 1. The van der Waals surface area contributed by atoms with Gasteiger partial charge in [-0.3, -0.25) is 9.79 Å². The molecule has 0 atom stereocenters. The van der Waals surface area contributed by atoms with Gasteiger partial charge in [0.05, 0.1) is 6.54 Å². The molecular formula is C18H29IN4OS. The van der Waals surface area contributed by atoms with Gasteiger partial charge < -0.3 is 15.5 Å². The summed E-state index contributed by atoms with van der Waals surface area (Å²) in [4.78, 5) is 18.6. The van der Waals surface area contributed by atoms with Crippen LogP contribution in [0, 0.1) is 0 Å². The summed E-state index contributed by atoms with van der Waals surface area (Å²) in [5, 5.41) is 6.41. The summed E-state index contributed by atoms with van der Waals surface area (Å²) in [7, 11) is 1.73. The number of carbonyl (C=O) groups excluding carboxylic acids is 1. The van der Waals surface area contributed by atoms with Crippen LogP contribution in [0.3, 0.4) is 0 Å². The lowest BCUT2D eigenvalue weighted by Crippen LogP contribution is -2.48. The molecule has 1 aliphatic heterocycles. The molecule has 0 saturated carbocycles. The molecular weight excluding hydrogens is 447 g/mol. The third-order valence-electron chi connectivity index (χ3n) is 4.35. The van der Waals surface area contributed by atoms with Crippen LogP contribution in [0.25, 0.3) is 0 Å². The molecule has 0 unspecified atom stereocenters. The SMILES string of the molecule is CN=C(NCC(=O)N1CCc2ccccc2C1)NCC(C)(C)SC.I. The van der Waals surface area contributed by atoms with Crippen molar-refractivity contribution in [1.29, 1.82) is 0 Å². The third-order valence-corrected chi connectivity index (χ3v) is 5.60. The Balaban J connectivity index is 0.00000312. The minimum Gasteiger partial charge on any atom is -0.355 e. The van der Waals surface area contributed by atoms with Crippen LogP contribution < -0.4 is 10.6 Å². The maximum Gasteiger partial charge on any atom is 0.242 e. The maximum absolute atomic E-state index is 12.5. The van der Waals surface area contributed by atoms with Gasteiger partial charge in [-0.05, 0) is 37.7 Å². The summed E-state index contributed by atoms with van der Waals surface area (Å²) in [5.74, 6) is 0.777. The molecule has 2 N–H and O–H groups in total. The minimum absolute atomic E-state index is 0. The molecule has 0 radical (unpaired) electrons. The lowest BCUT2D eigenvalue weighted by atomic mass is 10.00. The largest absolute Gasteiger partial charge is 0.355 e. The Morgan fingerprint density at radius 2 is 1.96 bits per heavy atom. The van der Waals surface area contributed by atoms with Crippen LogP contribution in [-0.2, 0) is 17.8 Å². The summed E-state index contributed by atoms with van der Waals surface area (Å²) >= 11 is 1.80. The van der Waals surface area contributed by atoms with E-state index >= 15 is 0 Å². The Morgan fingerprint density at radius 3 is 2.60 bits per heavy atom. The standard InChI is InChI=1S/C18H28N4OS.HI/c1-18(2,24-4)13-21-17(19-3)20-11-16(23)22-10-9-14-7-5-6-8-15(14)12-22;/h5-8H,9-13H2,1-4H3,(H2,19,20,21);1H. The molecule has 7 heteroatoms. The Labute approximate surface area is 172 Å². The number of nitrogens with zero attached hydrogens (tertiary/aromatic N) is 2. The van der Waals surface area contributed by atoms with E-state index in [-0.39, 0.29) is 41.2 Å². The molecule has 1 aromatic rings. The second kappa shape index (κ2) is 10.3. The van der Waals surface area contributed by atoms with Gasteiger partial charge in [-0.1, -0.05) is 24.3 Å². The van der Waals surface area contributed by atoms with Crippen LogP contribution in [0.5, 0.6) is 0 Å². The number of hydrogen-bond acceptors (Lipinski definition) is 3. The smallest absolute Gasteiger partial charge is 0.242 e. The highest BCUT2D eigenvalue weighted by Gasteiger charge is 2.21. The van der Waals surface area contributed by atoms with Crippen molar-refractivity contribution in [2.45, 2.75) is 31.6 Å². The van der Waals surface area contributed by atoms with Crippen molar-refractivity contribution < 1.29 is 4.79 Å². The number of amides is 1. The average Bonchev–Trinajstić information content (AvgIpc) is 2.61. The number of halogens is 1. The summed E-state index contributed by atoms with van der Waals surface area (Å²) < 4.78 is 0.123. The van der Waals surface area contributed by atoms with E-state index < -0.39 is 0 Å². The Morgan fingerprint density at radius 1 is 1.28 bits per heavy atom. The van der Waals surface area contributed by atoms with Gasteiger partial charge in [0, 0.05) is 31.4 Å². The number of rotatable bonds is 5. The lowest BCUT2D eigenvalue weighted by molar-refractivity contribution is -0.130. The predicted molar refractivity (Wildman–Crippen MR) is 118 cm³/mol. The van der Waals surface area contributed by atoms with Gasteiger partial charge in [0.15, 0.2) is 5.96 Å². The second-order valence-corrected chi connectivity index (χ2v) is 8.09. The van der Waals surface area contributed by atoms with Gasteiger partial charge in [-0.15, -0.1) is 24.0 Å². The van der Waals surface area contributed by atoms with Gasteiger partial charge in [0.1, 0.15) is 0 Å². The zero-order valence-corrected chi connectivity index (χ0v) is 18.6. The average molecular weight is 476 g/mol. The summed E-state index contributed by atoms with van der Waals surface area (Å²) in [6, 6.07) is 8.34. The van der Waals surface area contributed by atoms with Crippen molar-refractivity contribution in [2.75, 3.05) is 32.9 Å². The molecule has 0 aliphatic carbocycles. The number of nitrogens with one attached hydrogen (secondary N) is 2.